The van der Waals surface area contributed by atoms with E-state index in [1.807, 2.05) is 25.1 Å². The first-order valence-corrected chi connectivity index (χ1v) is 10.4. The molecule has 0 aromatic heterocycles. The van der Waals surface area contributed by atoms with Gasteiger partial charge in [-0.2, -0.15) is 0 Å². The first-order valence-electron chi connectivity index (χ1n) is 9.42. The third kappa shape index (κ3) is 5.75. The van der Waals surface area contributed by atoms with Crippen LogP contribution in [0, 0.1) is 0 Å². The number of carbonyl (C=O) groups excluding carboxylic acids is 1. The van der Waals surface area contributed by atoms with E-state index in [0.29, 0.717) is 31.3 Å². The van der Waals surface area contributed by atoms with Gasteiger partial charge in [0, 0.05) is 31.6 Å². The zero-order valence-electron chi connectivity index (χ0n) is 17.4. The van der Waals surface area contributed by atoms with Crippen molar-refractivity contribution in [1.29, 1.82) is 0 Å². The van der Waals surface area contributed by atoms with Crippen molar-refractivity contribution < 1.29 is 19.0 Å². The van der Waals surface area contributed by atoms with E-state index >= 15 is 0 Å². The van der Waals surface area contributed by atoms with E-state index in [1.54, 1.807) is 43.0 Å². The van der Waals surface area contributed by atoms with Crippen LogP contribution >= 0.6 is 11.8 Å². The van der Waals surface area contributed by atoms with E-state index in [1.165, 1.54) is 0 Å². The van der Waals surface area contributed by atoms with Gasteiger partial charge in [0.25, 0.3) is 5.91 Å². The number of thioether (sulfide) groups is 1. The van der Waals surface area contributed by atoms with E-state index in [0.717, 1.165) is 22.9 Å². The highest BCUT2D eigenvalue weighted by atomic mass is 32.2. The second-order valence-electron chi connectivity index (χ2n) is 6.94. The number of benzene rings is 1. The lowest BCUT2D eigenvalue weighted by atomic mass is 10.1. The fourth-order valence-electron chi connectivity index (χ4n) is 2.82. The Morgan fingerprint density at radius 3 is 2.71 bits per heavy atom. The van der Waals surface area contributed by atoms with Crippen LogP contribution in [0.5, 0.6) is 11.5 Å². The molecule has 2 rings (SSSR count). The summed E-state index contributed by atoms with van der Waals surface area (Å²) in [4.78, 5) is 19.3. The Morgan fingerprint density at radius 1 is 1.29 bits per heavy atom. The van der Waals surface area contributed by atoms with Gasteiger partial charge in [-0.1, -0.05) is 17.8 Å². The fourth-order valence-corrected chi connectivity index (χ4v) is 4.08. The molecule has 1 amide bonds. The first kappa shape index (κ1) is 22.3. The molecule has 0 saturated carbocycles. The maximum Gasteiger partial charge on any atom is 0.253 e. The van der Waals surface area contributed by atoms with Gasteiger partial charge in [-0.3, -0.25) is 14.7 Å². The summed E-state index contributed by atoms with van der Waals surface area (Å²) in [6.45, 7) is 8.15. The molecule has 1 heterocycles. The summed E-state index contributed by atoms with van der Waals surface area (Å²) in [6, 6.07) is 5.55. The molecular formula is C21H30N2O4S. The van der Waals surface area contributed by atoms with Crippen molar-refractivity contribution in [3.63, 3.8) is 0 Å². The minimum atomic E-state index is -0.275. The molecule has 1 aromatic rings. The summed E-state index contributed by atoms with van der Waals surface area (Å²) in [7, 11) is 3.19. The van der Waals surface area contributed by atoms with Gasteiger partial charge in [-0.05, 0) is 51.0 Å². The second-order valence-corrected chi connectivity index (χ2v) is 7.88. The van der Waals surface area contributed by atoms with E-state index < -0.39 is 0 Å². The molecular weight excluding hydrogens is 376 g/mol. The Balaban J connectivity index is 2.11. The first-order chi connectivity index (χ1) is 13.4. The number of methoxy groups -OCH3 is 2. The van der Waals surface area contributed by atoms with Crippen molar-refractivity contribution in [1.82, 2.24) is 4.90 Å². The second kappa shape index (κ2) is 10.5. The fraction of sp³-hybridized carbons (Fsp3) is 0.524. The Morgan fingerprint density at radius 2 is 2.04 bits per heavy atom. The van der Waals surface area contributed by atoms with Crippen molar-refractivity contribution in [3.05, 3.63) is 29.8 Å². The maximum atomic E-state index is 12.9. The number of aliphatic imine (C=N–C) groups is 1. The Bertz CT molecular complexity index is 731. The smallest absolute Gasteiger partial charge is 0.253 e. The molecule has 0 bridgehead atoms. The van der Waals surface area contributed by atoms with Crippen LogP contribution in [0.2, 0.25) is 0 Å². The van der Waals surface area contributed by atoms with Crippen LogP contribution in [0.15, 0.2) is 29.3 Å². The SMILES string of the molecule is CCOCCCN=C1SCC(C)(C)N1C(=O)/C=C/c1ccc(OC)c(OC)c1. The molecule has 0 spiro atoms. The van der Waals surface area contributed by atoms with Gasteiger partial charge >= 0.3 is 0 Å². The molecule has 1 saturated heterocycles. The van der Waals surface area contributed by atoms with Gasteiger partial charge in [0.2, 0.25) is 0 Å². The minimum Gasteiger partial charge on any atom is -0.493 e. The van der Waals surface area contributed by atoms with Crippen LogP contribution in [0.4, 0.5) is 0 Å². The Labute approximate surface area is 171 Å². The third-order valence-electron chi connectivity index (χ3n) is 4.30. The monoisotopic (exact) mass is 406 g/mol. The maximum absolute atomic E-state index is 12.9. The van der Waals surface area contributed by atoms with Crippen LogP contribution in [0.3, 0.4) is 0 Å². The third-order valence-corrected chi connectivity index (χ3v) is 5.72. The number of nitrogens with zero attached hydrogens (tertiary/aromatic N) is 2. The zero-order chi connectivity index (χ0) is 20.6. The van der Waals surface area contributed by atoms with E-state index in [2.05, 4.69) is 18.8 Å². The number of amidine groups is 1. The van der Waals surface area contributed by atoms with Crippen molar-refractivity contribution in [2.75, 3.05) is 39.7 Å². The molecule has 0 atom stereocenters. The van der Waals surface area contributed by atoms with Gasteiger partial charge in [0.05, 0.1) is 19.8 Å². The van der Waals surface area contributed by atoms with Crippen LogP contribution in [0.25, 0.3) is 6.08 Å². The normalized spacial score (nSPS) is 17.5. The highest BCUT2D eigenvalue weighted by Crippen LogP contribution is 2.33. The number of carbonyl (C=O) groups is 1. The lowest BCUT2D eigenvalue weighted by Gasteiger charge is -2.29. The van der Waals surface area contributed by atoms with Gasteiger partial charge in [0.1, 0.15) is 0 Å². The largest absolute Gasteiger partial charge is 0.493 e. The molecule has 1 fully saturated rings. The summed E-state index contributed by atoms with van der Waals surface area (Å²) in [6.07, 6.45) is 4.22. The number of rotatable bonds is 9. The molecule has 1 aliphatic heterocycles. The van der Waals surface area contributed by atoms with E-state index in [9.17, 15) is 4.79 Å². The highest BCUT2D eigenvalue weighted by Gasteiger charge is 2.40. The average molecular weight is 407 g/mol. The minimum absolute atomic E-state index is 0.0756. The number of amides is 1. The quantitative estimate of drug-likeness (QED) is 0.460. The van der Waals surface area contributed by atoms with Crippen LogP contribution < -0.4 is 9.47 Å². The van der Waals surface area contributed by atoms with E-state index in [-0.39, 0.29) is 11.4 Å². The molecule has 0 radical (unpaired) electrons. The molecule has 28 heavy (non-hydrogen) atoms. The summed E-state index contributed by atoms with van der Waals surface area (Å²) in [5.41, 5.74) is 0.591. The van der Waals surface area contributed by atoms with E-state index in [4.69, 9.17) is 14.2 Å². The summed E-state index contributed by atoms with van der Waals surface area (Å²) < 4.78 is 15.9. The molecule has 1 aliphatic rings. The predicted molar refractivity (Wildman–Crippen MR) is 115 cm³/mol. The molecule has 0 N–H and O–H groups in total. The molecule has 7 heteroatoms. The zero-order valence-corrected chi connectivity index (χ0v) is 18.2. The number of ether oxygens (including phenoxy) is 3. The van der Waals surface area contributed by atoms with Gasteiger partial charge in [0.15, 0.2) is 16.7 Å². The summed E-state index contributed by atoms with van der Waals surface area (Å²) in [5.74, 6) is 2.04. The van der Waals surface area contributed by atoms with Crippen LogP contribution in [-0.2, 0) is 9.53 Å². The molecule has 6 nitrogen and oxygen atoms in total. The standard InChI is InChI=1S/C21H30N2O4S/c1-6-27-13-7-12-22-20-23(21(2,3)15-28-20)19(24)11-9-16-8-10-17(25-4)18(14-16)26-5/h8-11,14H,6-7,12-13,15H2,1-5H3/b11-9+,22-20?. The molecule has 0 aliphatic carbocycles. The van der Waals surface area contributed by atoms with Crippen molar-refractivity contribution in [2.45, 2.75) is 32.7 Å². The van der Waals surface area contributed by atoms with Gasteiger partial charge in [-0.15, -0.1) is 0 Å². The topological polar surface area (TPSA) is 60.4 Å². The predicted octanol–water partition coefficient (Wildman–Crippen LogP) is 3.85. The lowest BCUT2D eigenvalue weighted by Crippen LogP contribution is -2.45. The van der Waals surface area contributed by atoms with Crippen molar-refractivity contribution in [3.8, 4) is 11.5 Å². The average Bonchev–Trinajstić information content (AvgIpc) is 2.99. The summed E-state index contributed by atoms with van der Waals surface area (Å²) in [5, 5.41) is 0.781. The number of hydrogen-bond acceptors (Lipinski definition) is 6. The number of hydrogen-bond donors (Lipinski definition) is 0. The highest BCUT2D eigenvalue weighted by molar-refractivity contribution is 8.14. The Kier molecular flexibility index (Phi) is 8.38. The van der Waals surface area contributed by atoms with Crippen LogP contribution in [-0.4, -0.2) is 61.2 Å². The van der Waals surface area contributed by atoms with Gasteiger partial charge < -0.3 is 14.2 Å². The summed E-state index contributed by atoms with van der Waals surface area (Å²) >= 11 is 1.63. The van der Waals surface area contributed by atoms with Crippen molar-refractivity contribution in [2.24, 2.45) is 4.99 Å². The molecule has 0 unspecified atom stereocenters. The van der Waals surface area contributed by atoms with Gasteiger partial charge in [-0.25, -0.2) is 0 Å². The lowest BCUT2D eigenvalue weighted by molar-refractivity contribution is -0.124. The van der Waals surface area contributed by atoms with Crippen molar-refractivity contribution >= 4 is 28.9 Å². The molecule has 1 aromatic carbocycles. The van der Waals surface area contributed by atoms with Crippen LogP contribution in [0.1, 0.15) is 32.8 Å². The Hall–Kier alpha value is -1.99. The molecule has 154 valence electrons.